The van der Waals surface area contributed by atoms with E-state index >= 15 is 0 Å². The number of hydrogen-bond acceptors (Lipinski definition) is 4. The van der Waals surface area contributed by atoms with Crippen molar-refractivity contribution in [3.63, 3.8) is 0 Å². The zero-order valence-electron chi connectivity index (χ0n) is 10.4. The molecule has 1 aliphatic heterocycles. The molecule has 0 saturated carbocycles. The van der Waals surface area contributed by atoms with Gasteiger partial charge < -0.3 is 9.84 Å². The van der Waals surface area contributed by atoms with Crippen molar-refractivity contribution < 1.29 is 14.6 Å². The molecule has 3 nitrogen and oxygen atoms in total. The second-order valence-electron chi connectivity index (χ2n) is 4.39. The zero-order valence-corrected chi connectivity index (χ0v) is 13.6. The molecule has 2 heterocycles. The first-order chi connectivity index (χ1) is 9.63. The largest absolute Gasteiger partial charge is 0.493 e. The molecule has 2 aromatic rings. The molecule has 0 fully saturated rings. The number of thiophene rings is 1. The maximum atomic E-state index is 10.9. The SMILES string of the molecule is O=C(O)c1cc(SCc2cc(Br)cc3c2OCC3)cs1. The summed E-state index contributed by atoms with van der Waals surface area (Å²) in [5.74, 6) is 0.903. The number of halogens is 1. The van der Waals surface area contributed by atoms with Crippen LogP contribution in [0.25, 0.3) is 0 Å². The highest BCUT2D eigenvalue weighted by Crippen LogP contribution is 2.37. The quantitative estimate of drug-likeness (QED) is 0.808. The van der Waals surface area contributed by atoms with E-state index in [1.165, 1.54) is 16.9 Å². The van der Waals surface area contributed by atoms with Crippen molar-refractivity contribution in [1.82, 2.24) is 0 Å². The smallest absolute Gasteiger partial charge is 0.345 e. The predicted molar refractivity (Wildman–Crippen MR) is 84.2 cm³/mol. The van der Waals surface area contributed by atoms with Crippen LogP contribution in [0, 0.1) is 0 Å². The van der Waals surface area contributed by atoms with Crippen molar-refractivity contribution in [3.8, 4) is 5.75 Å². The lowest BCUT2D eigenvalue weighted by atomic mass is 10.1. The van der Waals surface area contributed by atoms with Crippen LogP contribution in [0.3, 0.4) is 0 Å². The zero-order chi connectivity index (χ0) is 14.1. The Kier molecular flexibility index (Phi) is 4.05. The van der Waals surface area contributed by atoms with Crippen LogP contribution in [0.4, 0.5) is 0 Å². The fourth-order valence-electron chi connectivity index (χ4n) is 2.12. The Hall–Kier alpha value is -0.980. The van der Waals surface area contributed by atoms with Gasteiger partial charge >= 0.3 is 5.97 Å². The van der Waals surface area contributed by atoms with Gasteiger partial charge in [-0.2, -0.15) is 0 Å². The Morgan fingerprint density at radius 2 is 2.30 bits per heavy atom. The maximum absolute atomic E-state index is 10.9. The standard InChI is InChI=1S/C14H11BrO3S2/c15-10-3-8-1-2-18-13(8)9(4-10)6-19-11-5-12(14(16)17)20-7-11/h3-5,7H,1-2,6H2,(H,16,17). The molecule has 104 valence electrons. The van der Waals surface area contributed by atoms with E-state index in [2.05, 4.69) is 28.1 Å². The van der Waals surface area contributed by atoms with Crippen LogP contribution in [-0.4, -0.2) is 17.7 Å². The molecule has 1 aliphatic rings. The summed E-state index contributed by atoms with van der Waals surface area (Å²) in [7, 11) is 0. The van der Waals surface area contributed by atoms with Gasteiger partial charge in [-0.25, -0.2) is 4.79 Å². The normalized spacial score (nSPS) is 13.1. The Morgan fingerprint density at radius 1 is 1.45 bits per heavy atom. The summed E-state index contributed by atoms with van der Waals surface area (Å²) in [6, 6.07) is 5.89. The van der Waals surface area contributed by atoms with Crippen molar-refractivity contribution in [2.24, 2.45) is 0 Å². The molecular weight excluding hydrogens is 360 g/mol. The molecular formula is C14H11BrO3S2. The predicted octanol–water partition coefficient (Wildman–Crippen LogP) is 4.44. The lowest BCUT2D eigenvalue weighted by Crippen LogP contribution is -1.91. The van der Waals surface area contributed by atoms with Crippen LogP contribution < -0.4 is 4.74 Å². The van der Waals surface area contributed by atoms with Crippen LogP contribution in [0.5, 0.6) is 5.75 Å². The molecule has 0 bridgehead atoms. The number of hydrogen-bond donors (Lipinski definition) is 1. The molecule has 1 aromatic heterocycles. The number of ether oxygens (including phenoxy) is 1. The fourth-order valence-corrected chi connectivity index (χ4v) is 4.51. The van der Waals surface area contributed by atoms with E-state index in [1.54, 1.807) is 17.8 Å². The Bertz CT molecular complexity index is 666. The summed E-state index contributed by atoms with van der Waals surface area (Å²) in [4.78, 5) is 12.2. The molecule has 1 aromatic carbocycles. The molecule has 1 N–H and O–H groups in total. The van der Waals surface area contributed by atoms with Crippen molar-refractivity contribution in [3.05, 3.63) is 44.1 Å². The average Bonchev–Trinajstić information content (AvgIpc) is 3.04. The lowest BCUT2D eigenvalue weighted by Gasteiger charge is -2.08. The van der Waals surface area contributed by atoms with Crippen molar-refractivity contribution in [2.75, 3.05) is 6.61 Å². The summed E-state index contributed by atoms with van der Waals surface area (Å²) in [5, 5.41) is 10.8. The van der Waals surface area contributed by atoms with Gasteiger partial charge in [0.15, 0.2) is 0 Å². The van der Waals surface area contributed by atoms with E-state index in [-0.39, 0.29) is 0 Å². The van der Waals surface area contributed by atoms with Gasteiger partial charge in [0, 0.05) is 32.5 Å². The number of carboxylic acids is 1. The topological polar surface area (TPSA) is 46.5 Å². The van der Waals surface area contributed by atoms with Gasteiger partial charge in [-0.3, -0.25) is 0 Å². The molecule has 0 atom stereocenters. The number of fused-ring (bicyclic) bond motifs is 1. The molecule has 0 saturated heterocycles. The number of thioether (sulfide) groups is 1. The van der Waals surface area contributed by atoms with E-state index in [9.17, 15) is 4.79 Å². The Morgan fingerprint density at radius 3 is 3.05 bits per heavy atom. The van der Waals surface area contributed by atoms with Gasteiger partial charge in [-0.1, -0.05) is 15.9 Å². The summed E-state index contributed by atoms with van der Waals surface area (Å²) < 4.78 is 6.75. The molecule has 0 spiro atoms. The second kappa shape index (κ2) is 5.79. The molecule has 3 rings (SSSR count). The first-order valence-electron chi connectivity index (χ1n) is 6.02. The van der Waals surface area contributed by atoms with Gasteiger partial charge in [0.25, 0.3) is 0 Å². The molecule has 20 heavy (non-hydrogen) atoms. The third-order valence-electron chi connectivity index (χ3n) is 3.01. The number of rotatable bonds is 4. The molecule has 0 radical (unpaired) electrons. The van der Waals surface area contributed by atoms with Gasteiger partial charge in [0.05, 0.1) is 6.61 Å². The van der Waals surface area contributed by atoms with Crippen LogP contribution in [-0.2, 0) is 12.2 Å². The van der Waals surface area contributed by atoms with Gasteiger partial charge in [-0.05, 0) is 23.8 Å². The highest BCUT2D eigenvalue weighted by Gasteiger charge is 2.17. The molecule has 0 unspecified atom stereocenters. The number of aromatic carboxylic acids is 1. The highest BCUT2D eigenvalue weighted by molar-refractivity contribution is 9.10. The van der Waals surface area contributed by atoms with Gasteiger partial charge in [-0.15, -0.1) is 23.1 Å². The average molecular weight is 371 g/mol. The summed E-state index contributed by atoms with van der Waals surface area (Å²) >= 11 is 6.42. The van der Waals surface area contributed by atoms with E-state index in [0.717, 1.165) is 39.5 Å². The van der Waals surface area contributed by atoms with Crippen LogP contribution in [0.15, 0.2) is 32.9 Å². The van der Waals surface area contributed by atoms with Crippen molar-refractivity contribution in [2.45, 2.75) is 17.1 Å². The maximum Gasteiger partial charge on any atom is 0.345 e. The van der Waals surface area contributed by atoms with Crippen molar-refractivity contribution in [1.29, 1.82) is 0 Å². The molecule has 0 aliphatic carbocycles. The van der Waals surface area contributed by atoms with E-state index in [4.69, 9.17) is 9.84 Å². The summed E-state index contributed by atoms with van der Waals surface area (Å²) in [5.41, 5.74) is 2.39. The Balaban J connectivity index is 1.76. The summed E-state index contributed by atoms with van der Waals surface area (Å²) in [6.07, 6.45) is 0.952. The minimum atomic E-state index is -0.867. The number of carbonyl (C=O) groups is 1. The van der Waals surface area contributed by atoms with Crippen LogP contribution in [0.1, 0.15) is 20.8 Å². The van der Waals surface area contributed by atoms with Crippen LogP contribution >= 0.6 is 39.0 Å². The summed E-state index contributed by atoms with van der Waals surface area (Å²) in [6.45, 7) is 0.741. The first-order valence-corrected chi connectivity index (χ1v) is 8.68. The van der Waals surface area contributed by atoms with E-state index in [0.29, 0.717) is 4.88 Å². The minimum Gasteiger partial charge on any atom is -0.493 e. The van der Waals surface area contributed by atoms with E-state index in [1.807, 2.05) is 5.38 Å². The Labute approximate surface area is 133 Å². The van der Waals surface area contributed by atoms with Crippen LogP contribution in [0.2, 0.25) is 0 Å². The first kappa shape index (κ1) is 14.0. The third-order valence-corrected chi connectivity index (χ3v) is 5.56. The molecule has 6 heteroatoms. The molecule has 0 amide bonds. The third kappa shape index (κ3) is 2.87. The highest BCUT2D eigenvalue weighted by atomic mass is 79.9. The monoisotopic (exact) mass is 370 g/mol. The lowest BCUT2D eigenvalue weighted by molar-refractivity contribution is 0.0702. The number of carboxylic acid groups (broad SMARTS) is 1. The van der Waals surface area contributed by atoms with Crippen molar-refractivity contribution >= 4 is 45.0 Å². The second-order valence-corrected chi connectivity index (χ2v) is 7.27. The minimum absolute atomic E-state index is 0.378. The van der Waals surface area contributed by atoms with Gasteiger partial charge in [0.2, 0.25) is 0 Å². The number of benzene rings is 1. The fraction of sp³-hybridized carbons (Fsp3) is 0.214. The van der Waals surface area contributed by atoms with E-state index < -0.39 is 5.97 Å². The van der Waals surface area contributed by atoms with Gasteiger partial charge in [0.1, 0.15) is 10.6 Å².